The van der Waals surface area contributed by atoms with Crippen LogP contribution < -0.4 is 0 Å². The molecule has 5 nitrogen and oxygen atoms in total. The smallest absolute Gasteiger partial charge is 0.261 e. The van der Waals surface area contributed by atoms with Crippen molar-refractivity contribution in [2.75, 3.05) is 7.11 Å². The fraction of sp³-hybridized carbons (Fsp3) is 0.118. The molecule has 0 radical (unpaired) electrons. The highest BCUT2D eigenvalue weighted by atomic mass is 35.5. The molecular weight excluding hydrogens is 316 g/mol. The van der Waals surface area contributed by atoms with Crippen LogP contribution in [0.5, 0.6) is 0 Å². The first kappa shape index (κ1) is 16.7. The van der Waals surface area contributed by atoms with E-state index in [1.165, 1.54) is 12.0 Å². The number of methoxy groups -OCH3 is 1. The van der Waals surface area contributed by atoms with Crippen molar-refractivity contribution in [2.24, 2.45) is 0 Å². The molecule has 0 aromatic heterocycles. The Labute approximate surface area is 139 Å². The number of ether oxygens (including phenoxy) is 1. The second-order valence-corrected chi connectivity index (χ2v) is 4.97. The number of halogens is 1. The summed E-state index contributed by atoms with van der Waals surface area (Å²) < 4.78 is 4.85. The Balaban J connectivity index is 0.00000192. The lowest BCUT2D eigenvalue weighted by Crippen LogP contribution is -2.29. The summed E-state index contributed by atoms with van der Waals surface area (Å²) in [6.45, 7) is 0.215. The summed E-state index contributed by atoms with van der Waals surface area (Å²) in [4.78, 5) is 25.8. The first-order valence-electron chi connectivity index (χ1n) is 6.79. The molecule has 118 valence electrons. The normalized spacial score (nSPS) is 12.7. The number of hydrogen-bond acceptors (Lipinski definition) is 4. The standard InChI is InChI=1S/C17H14N2O3.ClH/c1-22-15(18)12-8-6-11(7-9-12)10-19-16(20)13-4-2-3-5-14(13)17(19)21;/h2-9,18H,10H2,1H3;1H. The Kier molecular flexibility index (Phi) is 4.81. The second kappa shape index (κ2) is 6.62. The molecule has 0 unspecified atom stereocenters. The predicted molar refractivity (Wildman–Crippen MR) is 88.2 cm³/mol. The number of fused-ring (bicyclic) bond motifs is 1. The molecule has 23 heavy (non-hydrogen) atoms. The number of hydrogen-bond donors (Lipinski definition) is 1. The van der Waals surface area contributed by atoms with E-state index in [4.69, 9.17) is 10.1 Å². The summed E-state index contributed by atoms with van der Waals surface area (Å²) in [5.41, 5.74) is 2.37. The predicted octanol–water partition coefficient (Wildman–Crippen LogP) is 2.88. The molecule has 2 amide bonds. The van der Waals surface area contributed by atoms with Gasteiger partial charge >= 0.3 is 0 Å². The minimum atomic E-state index is -0.269. The zero-order valence-corrected chi connectivity index (χ0v) is 13.2. The van der Waals surface area contributed by atoms with Crippen molar-refractivity contribution in [2.45, 2.75) is 6.54 Å². The van der Waals surface area contributed by atoms with Gasteiger partial charge in [-0.25, -0.2) is 0 Å². The van der Waals surface area contributed by atoms with Gasteiger partial charge < -0.3 is 4.74 Å². The molecule has 2 aromatic rings. The first-order chi connectivity index (χ1) is 10.6. The molecule has 0 bridgehead atoms. The third-order valence-electron chi connectivity index (χ3n) is 3.64. The zero-order valence-electron chi connectivity index (χ0n) is 12.4. The number of rotatable bonds is 3. The number of carbonyl (C=O) groups excluding carboxylic acids is 2. The van der Waals surface area contributed by atoms with Gasteiger partial charge in [0.15, 0.2) is 0 Å². The molecule has 1 N–H and O–H groups in total. The lowest BCUT2D eigenvalue weighted by Gasteiger charge is -2.14. The van der Waals surface area contributed by atoms with Gasteiger partial charge in [-0.15, -0.1) is 12.4 Å². The van der Waals surface area contributed by atoms with E-state index in [9.17, 15) is 9.59 Å². The van der Waals surface area contributed by atoms with E-state index < -0.39 is 0 Å². The van der Waals surface area contributed by atoms with Crippen LogP contribution in [0.25, 0.3) is 0 Å². The molecule has 0 spiro atoms. The van der Waals surface area contributed by atoms with Crippen LogP contribution in [0.2, 0.25) is 0 Å². The molecule has 0 fully saturated rings. The molecule has 1 heterocycles. The van der Waals surface area contributed by atoms with Gasteiger partial charge in [0.1, 0.15) is 0 Å². The highest BCUT2D eigenvalue weighted by Crippen LogP contribution is 2.24. The summed E-state index contributed by atoms with van der Waals surface area (Å²) in [6.07, 6.45) is 0. The van der Waals surface area contributed by atoms with Crippen LogP contribution in [-0.4, -0.2) is 29.7 Å². The van der Waals surface area contributed by atoms with Gasteiger partial charge in [0.2, 0.25) is 5.90 Å². The van der Waals surface area contributed by atoms with Gasteiger partial charge in [0.05, 0.1) is 24.8 Å². The van der Waals surface area contributed by atoms with Crippen molar-refractivity contribution in [3.8, 4) is 0 Å². The summed E-state index contributed by atoms with van der Waals surface area (Å²) in [5.74, 6) is -0.462. The van der Waals surface area contributed by atoms with Crippen molar-refractivity contribution in [1.29, 1.82) is 5.41 Å². The summed E-state index contributed by atoms with van der Waals surface area (Å²) in [5, 5.41) is 7.58. The van der Waals surface area contributed by atoms with Crippen LogP contribution in [0, 0.1) is 5.41 Å². The molecular formula is C17H15ClN2O3. The lowest BCUT2D eigenvalue weighted by molar-refractivity contribution is 0.0642. The average Bonchev–Trinajstić information content (AvgIpc) is 2.80. The summed E-state index contributed by atoms with van der Waals surface area (Å²) >= 11 is 0. The third-order valence-corrected chi connectivity index (χ3v) is 3.64. The van der Waals surface area contributed by atoms with Crippen molar-refractivity contribution in [1.82, 2.24) is 4.90 Å². The summed E-state index contributed by atoms with van der Waals surface area (Å²) in [6, 6.07) is 13.9. The second-order valence-electron chi connectivity index (χ2n) is 4.97. The van der Waals surface area contributed by atoms with E-state index in [-0.39, 0.29) is 36.7 Å². The minimum Gasteiger partial charge on any atom is -0.481 e. The number of amides is 2. The molecule has 3 rings (SSSR count). The maximum absolute atomic E-state index is 12.3. The fourth-order valence-corrected chi connectivity index (χ4v) is 2.44. The van der Waals surface area contributed by atoms with Gasteiger partial charge in [0, 0.05) is 5.56 Å². The van der Waals surface area contributed by atoms with Gasteiger partial charge in [-0.1, -0.05) is 24.3 Å². The van der Waals surface area contributed by atoms with Crippen molar-refractivity contribution < 1.29 is 14.3 Å². The molecule has 1 aliphatic rings. The number of carbonyl (C=O) groups is 2. The molecule has 0 saturated carbocycles. The van der Waals surface area contributed by atoms with Crippen molar-refractivity contribution in [3.63, 3.8) is 0 Å². The lowest BCUT2D eigenvalue weighted by atomic mass is 10.1. The van der Waals surface area contributed by atoms with Gasteiger partial charge in [-0.3, -0.25) is 19.9 Å². The number of nitrogens with one attached hydrogen (secondary N) is 1. The molecule has 0 saturated heterocycles. The minimum absolute atomic E-state index is 0. The molecule has 2 aromatic carbocycles. The monoisotopic (exact) mass is 330 g/mol. The van der Waals surface area contributed by atoms with E-state index >= 15 is 0 Å². The van der Waals surface area contributed by atoms with Gasteiger partial charge in [0.25, 0.3) is 11.8 Å². The maximum atomic E-state index is 12.3. The topological polar surface area (TPSA) is 70.5 Å². The van der Waals surface area contributed by atoms with E-state index in [2.05, 4.69) is 0 Å². The SMILES string of the molecule is COC(=N)c1ccc(CN2C(=O)c3ccccc3C2=O)cc1.Cl. The van der Waals surface area contributed by atoms with Crippen LogP contribution in [-0.2, 0) is 11.3 Å². The Bertz CT molecular complexity index is 737. The van der Waals surface area contributed by atoms with E-state index in [1.807, 2.05) is 0 Å². The van der Waals surface area contributed by atoms with Crippen molar-refractivity contribution >= 4 is 30.1 Å². The molecule has 6 heteroatoms. The number of benzene rings is 2. The van der Waals surface area contributed by atoms with Crippen LogP contribution in [0.4, 0.5) is 0 Å². The van der Waals surface area contributed by atoms with E-state index in [0.29, 0.717) is 16.7 Å². The maximum Gasteiger partial charge on any atom is 0.261 e. The fourth-order valence-electron chi connectivity index (χ4n) is 2.44. The molecule has 1 aliphatic heterocycles. The highest BCUT2D eigenvalue weighted by Gasteiger charge is 2.34. The molecule has 0 aliphatic carbocycles. The largest absolute Gasteiger partial charge is 0.481 e. The highest BCUT2D eigenvalue weighted by molar-refractivity contribution is 6.21. The van der Waals surface area contributed by atoms with Crippen LogP contribution >= 0.6 is 12.4 Å². The average molecular weight is 331 g/mol. The van der Waals surface area contributed by atoms with Crippen LogP contribution in [0.3, 0.4) is 0 Å². The van der Waals surface area contributed by atoms with Crippen LogP contribution in [0.15, 0.2) is 48.5 Å². The number of nitrogens with zero attached hydrogens (tertiary/aromatic N) is 1. The quantitative estimate of drug-likeness (QED) is 0.534. The summed E-state index contributed by atoms with van der Waals surface area (Å²) in [7, 11) is 1.44. The van der Waals surface area contributed by atoms with E-state index in [0.717, 1.165) is 5.56 Å². The zero-order chi connectivity index (χ0) is 15.7. The Morgan fingerprint density at radius 1 is 1.00 bits per heavy atom. The Morgan fingerprint density at radius 3 is 2.00 bits per heavy atom. The van der Waals surface area contributed by atoms with Crippen molar-refractivity contribution in [3.05, 3.63) is 70.8 Å². The third kappa shape index (κ3) is 2.96. The van der Waals surface area contributed by atoms with E-state index in [1.54, 1.807) is 48.5 Å². The molecule has 0 atom stereocenters. The van der Waals surface area contributed by atoms with Gasteiger partial charge in [-0.05, 0) is 29.8 Å². The number of imide groups is 1. The van der Waals surface area contributed by atoms with Gasteiger partial charge in [-0.2, -0.15) is 0 Å². The Hall–Kier alpha value is -2.66. The Morgan fingerprint density at radius 2 is 1.52 bits per heavy atom. The first-order valence-corrected chi connectivity index (χ1v) is 6.79. The van der Waals surface area contributed by atoms with Crippen LogP contribution in [0.1, 0.15) is 31.8 Å².